The molecule has 3 rings (SSSR count). The summed E-state index contributed by atoms with van der Waals surface area (Å²) in [6.07, 6.45) is 1.22. The second kappa shape index (κ2) is 6.75. The quantitative estimate of drug-likeness (QED) is 0.650. The second-order valence-corrected chi connectivity index (χ2v) is 9.23. The average Bonchev–Trinajstić information content (AvgIpc) is 2.88. The van der Waals surface area contributed by atoms with E-state index in [2.05, 4.69) is 62.3 Å². The summed E-state index contributed by atoms with van der Waals surface area (Å²) >= 11 is 11.4. The van der Waals surface area contributed by atoms with Gasteiger partial charge in [0.2, 0.25) is 0 Å². The van der Waals surface area contributed by atoms with Gasteiger partial charge in [-0.05, 0) is 61.0 Å². The smallest absolute Gasteiger partial charge is 0.0680 e. The Hall–Kier alpha value is 0.190. The lowest BCUT2D eigenvalue weighted by molar-refractivity contribution is 0.700. The summed E-state index contributed by atoms with van der Waals surface area (Å²) in [4.78, 5) is 2.99. The zero-order chi connectivity index (χ0) is 15.0. The SMILES string of the molecule is CNC(c1cc2c(s1)CCSC2)c1cc(Br)c(C)cc1Br. The fourth-order valence-corrected chi connectivity index (χ4v) is 6.20. The number of benzene rings is 1. The van der Waals surface area contributed by atoms with E-state index in [9.17, 15) is 0 Å². The fourth-order valence-electron chi connectivity index (χ4n) is 2.65. The third-order valence-corrected chi connectivity index (χ3v) is 7.66. The van der Waals surface area contributed by atoms with E-state index in [0.29, 0.717) is 0 Å². The summed E-state index contributed by atoms with van der Waals surface area (Å²) in [6.45, 7) is 2.12. The van der Waals surface area contributed by atoms with Crippen LogP contribution < -0.4 is 5.32 Å². The molecule has 1 aliphatic heterocycles. The van der Waals surface area contributed by atoms with Crippen molar-refractivity contribution in [3.8, 4) is 0 Å². The van der Waals surface area contributed by atoms with Crippen LogP contribution in [0.3, 0.4) is 0 Å². The predicted molar refractivity (Wildman–Crippen MR) is 102 cm³/mol. The largest absolute Gasteiger partial charge is 0.309 e. The molecule has 1 unspecified atom stereocenters. The molecule has 1 aromatic heterocycles. The standard InChI is InChI=1S/C16H17Br2NS2/c1-9-5-13(18)11(7-12(9)17)16(19-2)15-6-10-8-20-4-3-14(10)21-15/h5-7,16,19H,3-4,8H2,1-2H3. The van der Waals surface area contributed by atoms with E-state index < -0.39 is 0 Å². The highest BCUT2D eigenvalue weighted by molar-refractivity contribution is 9.11. The first-order valence-electron chi connectivity index (χ1n) is 6.92. The molecule has 2 heterocycles. The molecular weight excluding hydrogens is 430 g/mol. The average molecular weight is 447 g/mol. The van der Waals surface area contributed by atoms with Gasteiger partial charge in [-0.15, -0.1) is 11.3 Å². The van der Waals surface area contributed by atoms with E-state index in [1.54, 1.807) is 4.88 Å². The minimum atomic E-state index is 0.247. The van der Waals surface area contributed by atoms with Crippen molar-refractivity contribution >= 4 is 55.0 Å². The van der Waals surface area contributed by atoms with E-state index in [1.807, 2.05) is 30.1 Å². The van der Waals surface area contributed by atoms with Gasteiger partial charge >= 0.3 is 0 Å². The highest BCUT2D eigenvalue weighted by Gasteiger charge is 2.21. The number of hydrogen-bond acceptors (Lipinski definition) is 3. The summed E-state index contributed by atoms with van der Waals surface area (Å²) in [7, 11) is 2.04. The molecule has 1 aromatic carbocycles. The van der Waals surface area contributed by atoms with Gasteiger partial charge in [-0.2, -0.15) is 11.8 Å². The molecule has 21 heavy (non-hydrogen) atoms. The van der Waals surface area contributed by atoms with Crippen molar-refractivity contribution in [1.82, 2.24) is 5.32 Å². The maximum absolute atomic E-state index is 3.73. The van der Waals surface area contributed by atoms with E-state index >= 15 is 0 Å². The Labute approximate surface area is 151 Å². The van der Waals surface area contributed by atoms with Crippen molar-refractivity contribution in [2.24, 2.45) is 0 Å². The van der Waals surface area contributed by atoms with Crippen LogP contribution in [-0.4, -0.2) is 12.8 Å². The number of nitrogens with one attached hydrogen (secondary N) is 1. The minimum Gasteiger partial charge on any atom is -0.309 e. The zero-order valence-electron chi connectivity index (χ0n) is 12.0. The van der Waals surface area contributed by atoms with Crippen molar-refractivity contribution < 1.29 is 0 Å². The topological polar surface area (TPSA) is 12.0 Å². The molecule has 0 bridgehead atoms. The van der Waals surface area contributed by atoms with Gasteiger partial charge in [0.25, 0.3) is 0 Å². The minimum absolute atomic E-state index is 0.247. The third-order valence-electron chi connectivity index (χ3n) is 3.81. The van der Waals surface area contributed by atoms with Crippen LogP contribution >= 0.6 is 55.0 Å². The van der Waals surface area contributed by atoms with Crippen molar-refractivity contribution in [3.63, 3.8) is 0 Å². The Morgan fingerprint density at radius 1 is 1.19 bits per heavy atom. The highest BCUT2D eigenvalue weighted by Crippen LogP contribution is 2.39. The van der Waals surface area contributed by atoms with Gasteiger partial charge in [0.05, 0.1) is 6.04 Å². The Morgan fingerprint density at radius 2 is 2.00 bits per heavy atom. The Kier molecular flexibility index (Phi) is 5.16. The van der Waals surface area contributed by atoms with Crippen LogP contribution in [0, 0.1) is 6.92 Å². The molecule has 0 radical (unpaired) electrons. The van der Waals surface area contributed by atoms with E-state index in [-0.39, 0.29) is 6.04 Å². The number of thioether (sulfide) groups is 1. The molecule has 0 saturated carbocycles. The van der Waals surface area contributed by atoms with Gasteiger partial charge in [-0.3, -0.25) is 0 Å². The first-order valence-corrected chi connectivity index (χ1v) is 10.5. The monoisotopic (exact) mass is 445 g/mol. The Bertz CT molecular complexity index is 643. The molecule has 112 valence electrons. The normalized spacial score (nSPS) is 15.8. The number of thiophene rings is 1. The van der Waals surface area contributed by atoms with E-state index in [4.69, 9.17) is 0 Å². The first-order chi connectivity index (χ1) is 10.1. The Balaban J connectivity index is 2.02. The van der Waals surface area contributed by atoms with E-state index in [1.165, 1.54) is 44.0 Å². The first kappa shape index (κ1) is 16.1. The predicted octanol–water partition coefficient (Wildman–Crippen LogP) is 5.68. The fraction of sp³-hybridized carbons (Fsp3) is 0.375. The molecule has 1 nitrogen and oxygen atoms in total. The van der Waals surface area contributed by atoms with Crippen LogP contribution in [0.4, 0.5) is 0 Å². The molecule has 1 aliphatic rings. The van der Waals surface area contributed by atoms with E-state index in [0.717, 1.165) is 4.47 Å². The number of rotatable bonds is 3. The lowest BCUT2D eigenvalue weighted by Crippen LogP contribution is -2.17. The molecule has 2 aromatic rings. The van der Waals surface area contributed by atoms with Gasteiger partial charge in [-0.25, -0.2) is 0 Å². The van der Waals surface area contributed by atoms with Crippen LogP contribution in [0.5, 0.6) is 0 Å². The zero-order valence-corrected chi connectivity index (χ0v) is 16.8. The van der Waals surface area contributed by atoms with Crippen LogP contribution in [0.1, 0.15) is 32.5 Å². The third kappa shape index (κ3) is 3.27. The van der Waals surface area contributed by atoms with Gasteiger partial charge < -0.3 is 5.32 Å². The molecule has 0 aliphatic carbocycles. The maximum atomic E-state index is 3.73. The lowest BCUT2D eigenvalue weighted by atomic mass is 10.0. The Morgan fingerprint density at radius 3 is 2.71 bits per heavy atom. The molecule has 0 spiro atoms. The van der Waals surface area contributed by atoms with Crippen LogP contribution in [0.15, 0.2) is 27.1 Å². The van der Waals surface area contributed by atoms with Gasteiger partial charge in [-0.1, -0.05) is 31.9 Å². The number of fused-ring (bicyclic) bond motifs is 1. The van der Waals surface area contributed by atoms with Crippen LogP contribution in [0.2, 0.25) is 0 Å². The summed E-state index contributed by atoms with van der Waals surface area (Å²) in [5, 5.41) is 3.48. The maximum Gasteiger partial charge on any atom is 0.0680 e. The second-order valence-electron chi connectivity index (χ2n) is 5.24. The van der Waals surface area contributed by atoms with Crippen LogP contribution in [-0.2, 0) is 12.2 Å². The molecule has 1 atom stereocenters. The summed E-state index contributed by atoms with van der Waals surface area (Å²) in [5.41, 5.74) is 4.08. The highest BCUT2D eigenvalue weighted by atomic mass is 79.9. The molecular formula is C16H17Br2NS2. The summed E-state index contributed by atoms with van der Waals surface area (Å²) < 4.78 is 2.33. The van der Waals surface area contributed by atoms with Crippen molar-refractivity contribution in [2.45, 2.75) is 25.1 Å². The number of aryl methyl sites for hydroxylation is 2. The van der Waals surface area contributed by atoms with Crippen molar-refractivity contribution in [1.29, 1.82) is 0 Å². The van der Waals surface area contributed by atoms with Gasteiger partial charge in [0.1, 0.15) is 0 Å². The molecule has 5 heteroatoms. The van der Waals surface area contributed by atoms with Gasteiger partial charge in [0.15, 0.2) is 0 Å². The molecule has 1 N–H and O–H groups in total. The summed E-state index contributed by atoms with van der Waals surface area (Å²) in [5.74, 6) is 2.43. The van der Waals surface area contributed by atoms with Gasteiger partial charge in [0, 0.05) is 24.5 Å². The number of halogens is 2. The molecule has 0 fully saturated rings. The molecule has 0 amide bonds. The lowest BCUT2D eigenvalue weighted by Gasteiger charge is -2.18. The van der Waals surface area contributed by atoms with Crippen LogP contribution in [0.25, 0.3) is 0 Å². The van der Waals surface area contributed by atoms with Crippen molar-refractivity contribution in [3.05, 3.63) is 53.6 Å². The molecule has 0 saturated heterocycles. The summed E-state index contributed by atoms with van der Waals surface area (Å²) in [6, 6.07) is 7.06. The number of hydrogen-bond donors (Lipinski definition) is 1. The van der Waals surface area contributed by atoms with Crippen molar-refractivity contribution in [2.75, 3.05) is 12.8 Å².